The largest absolute Gasteiger partial charge is 0.469 e. The number of anilines is 1. The second-order valence-electron chi connectivity index (χ2n) is 8.58. The molecular formula is C24H33N3O4. The molecule has 3 heterocycles. The molecule has 31 heavy (non-hydrogen) atoms. The number of imidazole rings is 1. The number of rotatable bonds is 8. The highest BCUT2D eigenvalue weighted by atomic mass is 16.5. The zero-order chi connectivity index (χ0) is 22.6. The number of aromatic nitrogens is 2. The molecule has 0 N–H and O–H groups in total. The SMILES string of the molecule is C=CCCC1(C)CCN(c2c(CC(=O)OC)c(C)cc3nc(C(=O)OCC)cn23)CC1. The number of allylic oxidation sites excluding steroid dienone is 1. The second-order valence-corrected chi connectivity index (χ2v) is 8.58. The first kappa shape index (κ1) is 22.8. The van der Waals surface area contributed by atoms with Gasteiger partial charge in [0.2, 0.25) is 0 Å². The van der Waals surface area contributed by atoms with Crippen molar-refractivity contribution >= 4 is 23.4 Å². The van der Waals surface area contributed by atoms with E-state index in [1.165, 1.54) is 7.11 Å². The molecular weight excluding hydrogens is 394 g/mol. The Kier molecular flexibility index (Phi) is 7.03. The van der Waals surface area contributed by atoms with Gasteiger partial charge in [0, 0.05) is 24.8 Å². The Bertz CT molecular complexity index is 971. The number of hydrogen-bond donors (Lipinski definition) is 0. The van der Waals surface area contributed by atoms with Gasteiger partial charge in [0.15, 0.2) is 5.69 Å². The molecule has 2 aromatic heterocycles. The minimum atomic E-state index is -0.444. The van der Waals surface area contributed by atoms with E-state index in [9.17, 15) is 9.59 Å². The fourth-order valence-corrected chi connectivity index (χ4v) is 4.31. The van der Waals surface area contributed by atoms with Crippen LogP contribution in [0.25, 0.3) is 5.65 Å². The Morgan fingerprint density at radius 3 is 2.65 bits per heavy atom. The van der Waals surface area contributed by atoms with Crippen molar-refractivity contribution in [2.75, 3.05) is 31.7 Å². The third-order valence-corrected chi connectivity index (χ3v) is 6.31. The van der Waals surface area contributed by atoms with Gasteiger partial charge in [-0.1, -0.05) is 13.0 Å². The van der Waals surface area contributed by atoms with Gasteiger partial charge in [-0.05, 0) is 56.6 Å². The van der Waals surface area contributed by atoms with Crippen molar-refractivity contribution in [1.82, 2.24) is 9.38 Å². The van der Waals surface area contributed by atoms with Crippen LogP contribution in [0.5, 0.6) is 0 Å². The number of pyridine rings is 1. The average molecular weight is 428 g/mol. The molecule has 0 amide bonds. The van der Waals surface area contributed by atoms with Crippen molar-refractivity contribution in [3.8, 4) is 0 Å². The van der Waals surface area contributed by atoms with Gasteiger partial charge in [-0.25, -0.2) is 9.78 Å². The van der Waals surface area contributed by atoms with Crippen LogP contribution >= 0.6 is 0 Å². The van der Waals surface area contributed by atoms with E-state index in [0.717, 1.165) is 55.7 Å². The number of aryl methyl sites for hydroxylation is 1. The lowest BCUT2D eigenvalue weighted by Gasteiger charge is -2.41. The van der Waals surface area contributed by atoms with Crippen LogP contribution in [0.4, 0.5) is 5.82 Å². The fraction of sp³-hybridized carbons (Fsp3) is 0.542. The first-order valence-corrected chi connectivity index (χ1v) is 10.9. The Morgan fingerprint density at radius 1 is 1.32 bits per heavy atom. The summed E-state index contributed by atoms with van der Waals surface area (Å²) in [4.78, 5) is 31.3. The number of ether oxygens (including phenoxy) is 2. The van der Waals surface area contributed by atoms with Gasteiger partial charge >= 0.3 is 11.9 Å². The number of fused-ring (bicyclic) bond motifs is 1. The Labute approximate surface area is 184 Å². The molecule has 0 spiro atoms. The number of hydrogen-bond acceptors (Lipinski definition) is 6. The molecule has 0 bridgehead atoms. The maximum atomic E-state index is 12.3. The highest BCUT2D eigenvalue weighted by Gasteiger charge is 2.32. The van der Waals surface area contributed by atoms with E-state index in [4.69, 9.17) is 9.47 Å². The van der Waals surface area contributed by atoms with Crippen molar-refractivity contribution in [3.63, 3.8) is 0 Å². The van der Waals surface area contributed by atoms with Gasteiger partial charge in [-0.15, -0.1) is 6.58 Å². The van der Waals surface area contributed by atoms with Gasteiger partial charge in [0.1, 0.15) is 11.5 Å². The summed E-state index contributed by atoms with van der Waals surface area (Å²) >= 11 is 0. The number of nitrogens with zero attached hydrogens (tertiary/aromatic N) is 3. The summed E-state index contributed by atoms with van der Waals surface area (Å²) in [5.74, 6) is 0.177. The van der Waals surface area contributed by atoms with E-state index in [1.807, 2.05) is 23.5 Å². The van der Waals surface area contributed by atoms with Gasteiger partial charge in [0.05, 0.1) is 20.1 Å². The smallest absolute Gasteiger partial charge is 0.358 e. The highest BCUT2D eigenvalue weighted by Crippen LogP contribution is 2.38. The molecule has 0 atom stereocenters. The maximum Gasteiger partial charge on any atom is 0.358 e. The van der Waals surface area contributed by atoms with E-state index >= 15 is 0 Å². The van der Waals surface area contributed by atoms with E-state index in [0.29, 0.717) is 12.3 Å². The standard InChI is InChI=1S/C24H33N3O4/c1-6-8-9-24(4)10-12-26(13-11-24)22-18(15-21(28)30-5)17(3)14-20-25-19(16-27(20)22)23(29)31-7-2/h6,14,16H,1,7-13,15H2,2-5H3. The summed E-state index contributed by atoms with van der Waals surface area (Å²) in [6, 6.07) is 1.91. The van der Waals surface area contributed by atoms with Crippen molar-refractivity contribution < 1.29 is 19.1 Å². The van der Waals surface area contributed by atoms with Crippen LogP contribution in [0.2, 0.25) is 0 Å². The van der Waals surface area contributed by atoms with Gasteiger partial charge < -0.3 is 14.4 Å². The van der Waals surface area contributed by atoms with E-state index in [1.54, 1.807) is 13.1 Å². The van der Waals surface area contributed by atoms with E-state index in [2.05, 4.69) is 23.4 Å². The van der Waals surface area contributed by atoms with Crippen molar-refractivity contribution in [3.05, 3.63) is 41.7 Å². The van der Waals surface area contributed by atoms with Crippen molar-refractivity contribution in [2.45, 2.75) is 52.9 Å². The molecule has 0 aliphatic carbocycles. The van der Waals surface area contributed by atoms with E-state index < -0.39 is 5.97 Å². The minimum absolute atomic E-state index is 0.171. The molecule has 0 unspecified atom stereocenters. The van der Waals surface area contributed by atoms with Gasteiger partial charge in [0.25, 0.3) is 0 Å². The summed E-state index contributed by atoms with van der Waals surface area (Å²) in [5, 5.41) is 0. The summed E-state index contributed by atoms with van der Waals surface area (Å²) < 4.78 is 12.0. The number of carbonyl (C=O) groups is 2. The number of esters is 2. The van der Waals surface area contributed by atoms with Crippen LogP contribution in [0.15, 0.2) is 24.9 Å². The molecule has 1 aliphatic rings. The molecule has 1 aliphatic heterocycles. The molecule has 168 valence electrons. The maximum absolute atomic E-state index is 12.3. The van der Waals surface area contributed by atoms with Crippen LogP contribution in [0.3, 0.4) is 0 Å². The first-order chi connectivity index (χ1) is 14.8. The molecule has 0 aromatic carbocycles. The van der Waals surface area contributed by atoms with Gasteiger partial charge in [-0.2, -0.15) is 0 Å². The predicted molar refractivity (Wildman–Crippen MR) is 121 cm³/mol. The zero-order valence-electron chi connectivity index (χ0n) is 19.1. The Balaban J connectivity index is 2.03. The average Bonchev–Trinajstić information content (AvgIpc) is 3.17. The highest BCUT2D eigenvalue weighted by molar-refractivity contribution is 5.88. The number of carbonyl (C=O) groups excluding carboxylic acids is 2. The lowest BCUT2D eigenvalue weighted by Crippen LogP contribution is -2.40. The first-order valence-electron chi connectivity index (χ1n) is 10.9. The zero-order valence-corrected chi connectivity index (χ0v) is 19.1. The van der Waals surface area contributed by atoms with Crippen LogP contribution < -0.4 is 4.90 Å². The van der Waals surface area contributed by atoms with Crippen LogP contribution in [-0.4, -0.2) is 48.1 Å². The Hall–Kier alpha value is -2.83. The molecule has 7 heteroatoms. The molecule has 0 radical (unpaired) electrons. The summed E-state index contributed by atoms with van der Waals surface area (Å²) in [5.41, 5.74) is 3.08. The number of methoxy groups -OCH3 is 1. The van der Waals surface area contributed by atoms with E-state index in [-0.39, 0.29) is 23.5 Å². The molecule has 3 rings (SSSR count). The monoisotopic (exact) mass is 427 g/mol. The summed E-state index contributed by atoms with van der Waals surface area (Å²) in [6.45, 7) is 12.0. The summed E-state index contributed by atoms with van der Waals surface area (Å²) in [6.07, 6.45) is 8.11. The lowest BCUT2D eigenvalue weighted by atomic mass is 9.76. The third-order valence-electron chi connectivity index (χ3n) is 6.31. The molecule has 1 saturated heterocycles. The predicted octanol–water partition coefficient (Wildman–Crippen LogP) is 4.11. The fourth-order valence-electron chi connectivity index (χ4n) is 4.31. The normalized spacial score (nSPS) is 15.7. The third kappa shape index (κ3) is 4.92. The van der Waals surface area contributed by atoms with Crippen molar-refractivity contribution in [2.24, 2.45) is 5.41 Å². The minimum Gasteiger partial charge on any atom is -0.469 e. The molecule has 2 aromatic rings. The number of piperidine rings is 1. The van der Waals surface area contributed by atoms with Crippen LogP contribution in [0, 0.1) is 12.3 Å². The topological polar surface area (TPSA) is 73.1 Å². The summed E-state index contributed by atoms with van der Waals surface area (Å²) in [7, 11) is 1.40. The van der Waals surface area contributed by atoms with Crippen LogP contribution in [-0.2, 0) is 20.7 Å². The van der Waals surface area contributed by atoms with Crippen molar-refractivity contribution in [1.29, 1.82) is 0 Å². The molecule has 0 saturated carbocycles. The molecule has 7 nitrogen and oxygen atoms in total. The van der Waals surface area contributed by atoms with Crippen LogP contribution in [0.1, 0.15) is 61.1 Å². The Morgan fingerprint density at radius 2 is 2.03 bits per heavy atom. The van der Waals surface area contributed by atoms with Gasteiger partial charge in [-0.3, -0.25) is 9.20 Å². The lowest BCUT2D eigenvalue weighted by molar-refractivity contribution is -0.139. The quantitative estimate of drug-likeness (QED) is 0.466. The molecule has 1 fully saturated rings. The second kappa shape index (κ2) is 9.54.